The zero-order chi connectivity index (χ0) is 19.2. The molecule has 2 aromatic rings. The number of fused-ring (bicyclic) bond motifs is 1. The molecule has 2 aromatic carbocycles. The molecule has 1 fully saturated rings. The number of methoxy groups -OCH3 is 1. The van der Waals surface area contributed by atoms with Gasteiger partial charge in [-0.05, 0) is 29.8 Å². The highest BCUT2D eigenvalue weighted by Crippen LogP contribution is 2.49. The lowest BCUT2D eigenvalue weighted by molar-refractivity contribution is -0.151. The maximum Gasteiger partial charge on any atom is 0.339 e. The molecule has 0 spiro atoms. The molecular weight excluding hydrogens is 368 g/mol. The maximum atomic E-state index is 13.3. The molecular formula is C20H15ClN2O4. The van der Waals surface area contributed by atoms with Crippen LogP contribution in [0.2, 0.25) is 5.02 Å². The van der Waals surface area contributed by atoms with Crippen LogP contribution in [-0.2, 0) is 24.7 Å². The summed E-state index contributed by atoms with van der Waals surface area (Å²) in [5.74, 6) is -3.40. The highest BCUT2D eigenvalue weighted by Gasteiger charge is 2.65. The molecule has 0 bridgehead atoms. The van der Waals surface area contributed by atoms with Crippen LogP contribution in [0.3, 0.4) is 0 Å². The number of ether oxygens (including phenoxy) is 1. The molecule has 136 valence electrons. The Bertz CT molecular complexity index is 958. The first-order valence-corrected chi connectivity index (χ1v) is 8.71. The summed E-state index contributed by atoms with van der Waals surface area (Å²) in [6.07, 6.45) is 1.39. The van der Waals surface area contributed by atoms with E-state index in [0.717, 1.165) is 4.90 Å². The van der Waals surface area contributed by atoms with E-state index in [4.69, 9.17) is 16.3 Å². The Hall–Kier alpha value is -2.99. The van der Waals surface area contributed by atoms with Crippen LogP contribution < -0.4 is 4.90 Å². The van der Waals surface area contributed by atoms with Crippen molar-refractivity contribution < 1.29 is 19.1 Å². The van der Waals surface area contributed by atoms with Crippen LogP contribution in [0.15, 0.2) is 59.6 Å². The summed E-state index contributed by atoms with van der Waals surface area (Å²) in [7, 11) is 1.24. The standard InChI is InChI=1S/C20H15ClN2O4/c1-27-19(26)20(12-7-9-13(21)10-8-12)16-15(11-22-20)17(24)23(18(16)25)14-5-3-2-4-6-14/h2-11,15-16H,1H3/t15-,16+,20+/m1/s1. The lowest BCUT2D eigenvalue weighted by atomic mass is 9.76. The molecule has 0 aromatic heterocycles. The van der Waals surface area contributed by atoms with Crippen LogP contribution >= 0.6 is 11.6 Å². The lowest BCUT2D eigenvalue weighted by Gasteiger charge is -2.29. The molecule has 27 heavy (non-hydrogen) atoms. The minimum absolute atomic E-state index is 0.403. The Morgan fingerprint density at radius 3 is 2.37 bits per heavy atom. The van der Waals surface area contributed by atoms with Crippen LogP contribution in [0.4, 0.5) is 5.69 Å². The van der Waals surface area contributed by atoms with Gasteiger partial charge in [0, 0.05) is 11.2 Å². The molecule has 2 heterocycles. The highest BCUT2D eigenvalue weighted by atomic mass is 35.5. The van der Waals surface area contributed by atoms with Gasteiger partial charge in [0.2, 0.25) is 11.8 Å². The summed E-state index contributed by atoms with van der Waals surface area (Å²) >= 11 is 5.96. The number of amides is 2. The van der Waals surface area contributed by atoms with E-state index in [0.29, 0.717) is 16.3 Å². The predicted octanol–water partition coefficient (Wildman–Crippen LogP) is 2.60. The first-order valence-electron chi connectivity index (χ1n) is 8.33. The molecule has 0 saturated carbocycles. The van der Waals surface area contributed by atoms with Crippen LogP contribution in [0.1, 0.15) is 5.56 Å². The molecule has 4 rings (SSSR count). The van der Waals surface area contributed by atoms with Crippen LogP contribution in [-0.4, -0.2) is 31.1 Å². The van der Waals surface area contributed by atoms with Gasteiger partial charge < -0.3 is 4.74 Å². The van der Waals surface area contributed by atoms with Gasteiger partial charge in [-0.3, -0.25) is 14.6 Å². The number of carbonyl (C=O) groups is 3. The van der Waals surface area contributed by atoms with E-state index in [9.17, 15) is 14.4 Å². The van der Waals surface area contributed by atoms with Gasteiger partial charge in [0.25, 0.3) is 0 Å². The van der Waals surface area contributed by atoms with E-state index in [1.807, 2.05) is 0 Å². The fraction of sp³-hybridized carbons (Fsp3) is 0.200. The minimum Gasteiger partial charge on any atom is -0.467 e. The van der Waals surface area contributed by atoms with Crippen molar-refractivity contribution in [2.24, 2.45) is 16.8 Å². The normalized spacial score (nSPS) is 26.4. The Morgan fingerprint density at radius 1 is 1.07 bits per heavy atom. The third-order valence-electron chi connectivity index (χ3n) is 5.04. The second-order valence-corrected chi connectivity index (χ2v) is 6.83. The average molecular weight is 383 g/mol. The number of carbonyl (C=O) groups excluding carboxylic acids is 3. The van der Waals surface area contributed by atoms with E-state index in [1.54, 1.807) is 54.6 Å². The van der Waals surface area contributed by atoms with Crippen molar-refractivity contribution in [3.8, 4) is 0 Å². The summed E-state index contributed by atoms with van der Waals surface area (Å²) < 4.78 is 4.99. The first-order chi connectivity index (χ1) is 13.0. The number of hydrogen-bond donors (Lipinski definition) is 0. The fourth-order valence-corrected chi connectivity index (χ4v) is 3.93. The number of aliphatic imine (C=N–C) groups is 1. The smallest absolute Gasteiger partial charge is 0.339 e. The zero-order valence-corrected chi connectivity index (χ0v) is 15.1. The van der Waals surface area contributed by atoms with Gasteiger partial charge in [-0.1, -0.05) is 41.9 Å². The zero-order valence-electron chi connectivity index (χ0n) is 14.3. The van der Waals surface area contributed by atoms with Gasteiger partial charge in [0.05, 0.1) is 24.6 Å². The van der Waals surface area contributed by atoms with Crippen molar-refractivity contribution in [3.63, 3.8) is 0 Å². The van der Waals surface area contributed by atoms with Crippen molar-refractivity contribution in [2.75, 3.05) is 12.0 Å². The molecule has 2 aliphatic rings. The molecule has 3 atom stereocenters. The third-order valence-corrected chi connectivity index (χ3v) is 5.29. The number of rotatable bonds is 3. The molecule has 0 radical (unpaired) electrons. The van der Waals surface area contributed by atoms with Gasteiger partial charge in [-0.15, -0.1) is 0 Å². The lowest BCUT2D eigenvalue weighted by Crippen LogP contribution is -2.45. The van der Waals surface area contributed by atoms with Crippen molar-refractivity contribution in [3.05, 3.63) is 65.2 Å². The van der Waals surface area contributed by atoms with Gasteiger partial charge >= 0.3 is 5.97 Å². The van der Waals surface area contributed by atoms with Crippen molar-refractivity contribution >= 4 is 41.3 Å². The number of halogens is 1. The number of hydrogen-bond acceptors (Lipinski definition) is 5. The summed E-state index contributed by atoms with van der Waals surface area (Å²) in [5, 5.41) is 0.483. The molecule has 6 nitrogen and oxygen atoms in total. The number of benzene rings is 2. The van der Waals surface area contributed by atoms with Crippen molar-refractivity contribution in [1.29, 1.82) is 0 Å². The van der Waals surface area contributed by atoms with Crippen molar-refractivity contribution in [2.45, 2.75) is 5.54 Å². The number of imide groups is 1. The summed E-state index contributed by atoms with van der Waals surface area (Å²) in [6.45, 7) is 0. The van der Waals surface area contributed by atoms with Gasteiger partial charge in [-0.2, -0.15) is 0 Å². The minimum atomic E-state index is -1.61. The van der Waals surface area contributed by atoms with Crippen LogP contribution in [0.5, 0.6) is 0 Å². The second-order valence-electron chi connectivity index (χ2n) is 6.39. The van der Waals surface area contributed by atoms with E-state index >= 15 is 0 Å². The predicted molar refractivity (Wildman–Crippen MR) is 99.6 cm³/mol. The Labute approximate surface area is 160 Å². The summed E-state index contributed by atoms with van der Waals surface area (Å²) in [4.78, 5) is 44.5. The molecule has 0 N–H and O–H groups in total. The number of anilines is 1. The van der Waals surface area contributed by atoms with Gasteiger partial charge in [-0.25, -0.2) is 9.69 Å². The highest BCUT2D eigenvalue weighted by molar-refractivity contribution is 6.30. The number of para-hydroxylation sites is 1. The molecule has 0 unspecified atom stereocenters. The molecule has 0 aliphatic carbocycles. The van der Waals surface area contributed by atoms with E-state index in [-0.39, 0.29) is 0 Å². The first kappa shape index (κ1) is 17.4. The SMILES string of the molecule is COC(=O)[C@@]1(c2ccc(Cl)cc2)N=C[C@H]2C(=O)N(c3ccccc3)C(=O)[C@H]21. The molecule has 1 saturated heterocycles. The monoisotopic (exact) mass is 382 g/mol. The summed E-state index contributed by atoms with van der Waals surface area (Å²) in [6, 6.07) is 15.1. The van der Waals surface area contributed by atoms with Crippen LogP contribution in [0.25, 0.3) is 0 Å². The molecule has 2 aliphatic heterocycles. The number of esters is 1. The molecule has 7 heteroatoms. The van der Waals surface area contributed by atoms with Crippen LogP contribution in [0, 0.1) is 11.8 Å². The summed E-state index contributed by atoms with van der Waals surface area (Å²) in [5.41, 5.74) is -0.691. The number of nitrogens with zero attached hydrogens (tertiary/aromatic N) is 2. The van der Waals surface area contributed by atoms with E-state index in [1.165, 1.54) is 13.3 Å². The van der Waals surface area contributed by atoms with Crippen molar-refractivity contribution in [1.82, 2.24) is 0 Å². The van der Waals surface area contributed by atoms with Gasteiger partial charge in [0.15, 0.2) is 5.54 Å². The Kier molecular flexibility index (Phi) is 4.08. The largest absolute Gasteiger partial charge is 0.467 e. The maximum absolute atomic E-state index is 13.3. The topological polar surface area (TPSA) is 76.0 Å². The van der Waals surface area contributed by atoms with E-state index in [2.05, 4.69) is 4.99 Å². The third kappa shape index (κ3) is 2.40. The average Bonchev–Trinajstić information content (AvgIpc) is 3.20. The fourth-order valence-electron chi connectivity index (χ4n) is 3.80. The molecule has 2 amide bonds. The van der Waals surface area contributed by atoms with Gasteiger partial charge in [0.1, 0.15) is 0 Å². The Morgan fingerprint density at radius 2 is 1.74 bits per heavy atom. The second kappa shape index (κ2) is 6.32. The quantitative estimate of drug-likeness (QED) is 0.604. The Balaban J connectivity index is 1.85. The van der Waals surface area contributed by atoms with E-state index < -0.39 is 35.2 Å².